The fourth-order valence-corrected chi connectivity index (χ4v) is 4.81. The molecule has 2 amide bonds. The molecule has 178 valence electrons. The maximum absolute atomic E-state index is 12.6. The summed E-state index contributed by atoms with van der Waals surface area (Å²) in [4.78, 5) is 36.4. The third-order valence-corrected chi connectivity index (χ3v) is 6.41. The van der Waals surface area contributed by atoms with Crippen LogP contribution in [0.5, 0.6) is 0 Å². The van der Waals surface area contributed by atoms with Gasteiger partial charge in [0.05, 0.1) is 5.92 Å². The van der Waals surface area contributed by atoms with Crippen molar-refractivity contribution in [3.8, 4) is 11.1 Å². The van der Waals surface area contributed by atoms with Gasteiger partial charge in [0.25, 0.3) is 0 Å². The number of rotatable bonds is 7. The van der Waals surface area contributed by atoms with Gasteiger partial charge in [-0.05, 0) is 48.9 Å². The zero-order chi connectivity index (χ0) is 24.3. The zero-order valence-corrected chi connectivity index (χ0v) is 19.4. The summed E-state index contributed by atoms with van der Waals surface area (Å²) in [6, 6.07) is 15.9. The Kier molecular flexibility index (Phi) is 6.72. The second kappa shape index (κ2) is 9.71. The lowest BCUT2D eigenvalue weighted by Gasteiger charge is -2.28. The largest absolute Gasteiger partial charge is 0.481 e. The molecule has 0 spiro atoms. The first-order valence-corrected chi connectivity index (χ1v) is 11.6. The van der Waals surface area contributed by atoms with Crippen LogP contribution in [0.25, 0.3) is 11.1 Å². The Bertz CT molecular complexity index is 1080. The van der Waals surface area contributed by atoms with E-state index >= 15 is 0 Å². The van der Waals surface area contributed by atoms with Gasteiger partial charge in [0.1, 0.15) is 6.61 Å². The molecule has 0 radical (unpaired) electrons. The van der Waals surface area contributed by atoms with Crippen LogP contribution in [-0.4, -0.2) is 41.3 Å². The maximum Gasteiger partial charge on any atom is 0.407 e. The van der Waals surface area contributed by atoms with E-state index in [1.165, 1.54) is 0 Å². The molecular formula is C27H30N2O5. The number of carbonyl (C=O) groups is 3. The van der Waals surface area contributed by atoms with Crippen LogP contribution in [0.4, 0.5) is 4.79 Å². The molecule has 0 saturated heterocycles. The number of hydrogen-bond donors (Lipinski definition) is 3. The minimum atomic E-state index is -0.860. The molecule has 2 atom stereocenters. The van der Waals surface area contributed by atoms with E-state index in [1.807, 2.05) is 30.3 Å². The van der Waals surface area contributed by atoms with Crippen LogP contribution in [0.3, 0.4) is 0 Å². The molecule has 0 bridgehead atoms. The van der Waals surface area contributed by atoms with Gasteiger partial charge in [0.2, 0.25) is 5.91 Å². The van der Waals surface area contributed by atoms with E-state index in [1.54, 1.807) is 19.9 Å². The predicted molar refractivity (Wildman–Crippen MR) is 128 cm³/mol. The average Bonchev–Trinajstić information content (AvgIpc) is 3.11. The van der Waals surface area contributed by atoms with Crippen molar-refractivity contribution in [2.75, 3.05) is 6.61 Å². The minimum absolute atomic E-state index is 0.0372. The molecule has 0 aliphatic heterocycles. The Balaban J connectivity index is 1.31. The Hall–Kier alpha value is -3.61. The predicted octanol–water partition coefficient (Wildman–Crippen LogP) is 4.23. The van der Waals surface area contributed by atoms with Gasteiger partial charge >= 0.3 is 12.1 Å². The number of benzene rings is 2. The summed E-state index contributed by atoms with van der Waals surface area (Å²) in [6.45, 7) is 3.71. The van der Waals surface area contributed by atoms with Crippen LogP contribution in [0.2, 0.25) is 0 Å². The maximum atomic E-state index is 12.6. The van der Waals surface area contributed by atoms with Crippen LogP contribution in [0.15, 0.2) is 60.7 Å². The van der Waals surface area contributed by atoms with Crippen LogP contribution in [-0.2, 0) is 14.3 Å². The number of nitrogens with one attached hydrogen (secondary N) is 2. The highest BCUT2D eigenvalue weighted by Gasteiger charge is 2.31. The molecule has 2 aromatic rings. The molecule has 2 aliphatic carbocycles. The highest BCUT2D eigenvalue weighted by Crippen LogP contribution is 2.44. The van der Waals surface area contributed by atoms with Gasteiger partial charge in [0, 0.05) is 23.9 Å². The van der Waals surface area contributed by atoms with E-state index in [2.05, 4.69) is 34.9 Å². The zero-order valence-electron chi connectivity index (χ0n) is 19.4. The average molecular weight is 463 g/mol. The first-order chi connectivity index (χ1) is 16.2. The summed E-state index contributed by atoms with van der Waals surface area (Å²) >= 11 is 0. The smallest absolute Gasteiger partial charge is 0.407 e. The Morgan fingerprint density at radius 2 is 1.65 bits per heavy atom. The fraction of sp³-hybridized carbons (Fsp3) is 0.370. The topological polar surface area (TPSA) is 105 Å². The number of ether oxygens (including phenoxy) is 1. The van der Waals surface area contributed by atoms with E-state index in [0.29, 0.717) is 12.8 Å². The lowest BCUT2D eigenvalue weighted by molar-refractivity contribution is -0.142. The van der Waals surface area contributed by atoms with Crippen molar-refractivity contribution in [1.29, 1.82) is 0 Å². The number of carboxylic acid groups (broad SMARTS) is 1. The molecule has 0 fully saturated rings. The molecule has 7 heteroatoms. The number of hydrogen-bond acceptors (Lipinski definition) is 4. The summed E-state index contributed by atoms with van der Waals surface area (Å²) in [6.07, 6.45) is 3.90. The van der Waals surface area contributed by atoms with Crippen LogP contribution < -0.4 is 10.6 Å². The molecule has 0 heterocycles. The fourth-order valence-electron chi connectivity index (χ4n) is 4.81. The SMILES string of the molecule is CC(C)(CC(=O)NC1C=CCC(C(=O)O)C1)NC(=O)OCC1c2ccccc2-c2ccccc21. The molecule has 2 aliphatic rings. The van der Waals surface area contributed by atoms with Gasteiger partial charge in [-0.25, -0.2) is 4.79 Å². The monoisotopic (exact) mass is 462 g/mol. The van der Waals surface area contributed by atoms with Gasteiger partial charge in [-0.1, -0.05) is 60.7 Å². The number of alkyl carbamates (subject to hydrolysis) is 1. The summed E-state index contributed by atoms with van der Waals surface area (Å²) in [7, 11) is 0. The van der Waals surface area contributed by atoms with Crippen molar-refractivity contribution in [1.82, 2.24) is 10.6 Å². The highest BCUT2D eigenvalue weighted by atomic mass is 16.5. The van der Waals surface area contributed by atoms with Crippen LogP contribution in [0.1, 0.15) is 50.2 Å². The number of fused-ring (bicyclic) bond motifs is 3. The molecule has 0 saturated carbocycles. The molecular weight excluding hydrogens is 432 g/mol. The second-order valence-corrected chi connectivity index (χ2v) is 9.62. The van der Waals surface area contributed by atoms with Gasteiger partial charge in [-0.2, -0.15) is 0 Å². The molecule has 0 aromatic heterocycles. The number of aliphatic carboxylic acids is 1. The van der Waals surface area contributed by atoms with Gasteiger partial charge < -0.3 is 20.5 Å². The molecule has 34 heavy (non-hydrogen) atoms. The lowest BCUT2D eigenvalue weighted by atomic mass is 9.91. The molecule has 2 aromatic carbocycles. The molecule has 3 N–H and O–H groups in total. The molecule has 2 unspecified atom stereocenters. The van der Waals surface area contributed by atoms with Gasteiger partial charge in [0.15, 0.2) is 0 Å². The summed E-state index contributed by atoms with van der Waals surface area (Å²) in [5, 5.41) is 14.8. The second-order valence-electron chi connectivity index (χ2n) is 9.62. The number of allylic oxidation sites excluding steroid dienone is 1. The van der Waals surface area contributed by atoms with Crippen molar-refractivity contribution >= 4 is 18.0 Å². The number of amides is 2. The van der Waals surface area contributed by atoms with Gasteiger partial charge in [-0.15, -0.1) is 0 Å². The van der Waals surface area contributed by atoms with Crippen molar-refractivity contribution in [2.45, 2.75) is 50.6 Å². The van der Waals surface area contributed by atoms with E-state index in [4.69, 9.17) is 4.74 Å². The van der Waals surface area contributed by atoms with E-state index in [-0.39, 0.29) is 30.9 Å². The van der Waals surface area contributed by atoms with Gasteiger partial charge in [-0.3, -0.25) is 9.59 Å². The summed E-state index contributed by atoms with van der Waals surface area (Å²) < 4.78 is 5.59. The summed E-state index contributed by atoms with van der Waals surface area (Å²) in [5.74, 6) is -1.66. The quantitative estimate of drug-likeness (QED) is 0.534. The van der Waals surface area contributed by atoms with E-state index in [9.17, 15) is 19.5 Å². The molecule has 7 nitrogen and oxygen atoms in total. The number of carboxylic acids is 1. The van der Waals surface area contributed by atoms with Crippen molar-refractivity contribution in [2.24, 2.45) is 5.92 Å². The Labute approximate surface area is 199 Å². The normalized spacial score (nSPS) is 19.1. The number of carbonyl (C=O) groups excluding carboxylic acids is 2. The first kappa shape index (κ1) is 23.5. The van der Waals surface area contributed by atoms with Crippen molar-refractivity contribution < 1.29 is 24.2 Å². The standard InChI is InChI=1S/C27H30N2O5/c1-27(2,15-24(30)28-18-9-7-8-17(14-18)25(31)32)29-26(33)34-16-23-21-12-5-3-10-19(21)20-11-4-6-13-22(20)23/h3-7,9-13,17-18,23H,8,14-16H2,1-2H3,(H,28,30)(H,29,33)(H,31,32). The van der Waals surface area contributed by atoms with Crippen molar-refractivity contribution in [3.63, 3.8) is 0 Å². The lowest BCUT2D eigenvalue weighted by Crippen LogP contribution is -2.48. The minimum Gasteiger partial charge on any atom is -0.481 e. The molecule has 4 rings (SSSR count). The summed E-state index contributed by atoms with van der Waals surface area (Å²) in [5.41, 5.74) is 3.75. The Morgan fingerprint density at radius 3 is 2.26 bits per heavy atom. The third kappa shape index (κ3) is 5.30. The van der Waals surface area contributed by atoms with Crippen LogP contribution >= 0.6 is 0 Å². The Morgan fingerprint density at radius 1 is 1.03 bits per heavy atom. The van der Waals surface area contributed by atoms with Crippen molar-refractivity contribution in [3.05, 3.63) is 71.8 Å². The highest BCUT2D eigenvalue weighted by molar-refractivity contribution is 5.80. The van der Waals surface area contributed by atoms with Crippen LogP contribution in [0, 0.1) is 5.92 Å². The van der Waals surface area contributed by atoms with E-state index < -0.39 is 23.5 Å². The third-order valence-electron chi connectivity index (χ3n) is 6.41. The van der Waals surface area contributed by atoms with E-state index in [0.717, 1.165) is 22.3 Å². The first-order valence-electron chi connectivity index (χ1n) is 11.6.